The number of nitrogens with one attached hydrogen (secondary N) is 1. The Balaban J connectivity index is 1.65. The van der Waals surface area contributed by atoms with E-state index in [0.29, 0.717) is 17.1 Å². The third-order valence-corrected chi connectivity index (χ3v) is 4.60. The maximum Gasteiger partial charge on any atom is 0.269 e. The van der Waals surface area contributed by atoms with Gasteiger partial charge in [-0.3, -0.25) is 10.1 Å². The molecule has 3 aromatic carbocycles. The van der Waals surface area contributed by atoms with E-state index in [1.165, 1.54) is 12.1 Å². The van der Waals surface area contributed by atoms with Gasteiger partial charge in [0.05, 0.1) is 10.6 Å². The van der Waals surface area contributed by atoms with Gasteiger partial charge in [-0.25, -0.2) is 10.4 Å². The SMILES string of the molecule is C/C(=N/Nc1nnc(-c2ccccc2)c(-c2ccccc2)n1)c1ccc([N+](=O)[O-])cc1. The van der Waals surface area contributed by atoms with Crippen molar-refractivity contribution in [3.63, 3.8) is 0 Å². The lowest BCUT2D eigenvalue weighted by molar-refractivity contribution is -0.384. The first-order chi connectivity index (χ1) is 15.1. The van der Waals surface area contributed by atoms with Crippen LogP contribution < -0.4 is 5.43 Å². The van der Waals surface area contributed by atoms with Crippen molar-refractivity contribution in [1.29, 1.82) is 0 Å². The Kier molecular flexibility index (Phi) is 5.70. The number of hydrogen-bond acceptors (Lipinski definition) is 7. The normalized spacial score (nSPS) is 11.2. The van der Waals surface area contributed by atoms with E-state index in [2.05, 4.69) is 25.7 Å². The standard InChI is InChI=1S/C23H18N6O2/c1-16(17-12-14-20(15-13-17)29(30)31)25-27-23-24-21(18-8-4-2-5-9-18)22(26-28-23)19-10-6-3-7-11-19/h2-15H,1H3,(H,24,27,28)/b25-16-. The van der Waals surface area contributed by atoms with Gasteiger partial charge in [-0.1, -0.05) is 60.7 Å². The van der Waals surface area contributed by atoms with Gasteiger partial charge < -0.3 is 0 Å². The van der Waals surface area contributed by atoms with E-state index >= 15 is 0 Å². The van der Waals surface area contributed by atoms with Gasteiger partial charge in [0.1, 0.15) is 11.4 Å². The molecule has 0 saturated heterocycles. The Morgan fingerprint density at radius 2 is 1.42 bits per heavy atom. The van der Waals surface area contributed by atoms with E-state index in [9.17, 15) is 10.1 Å². The summed E-state index contributed by atoms with van der Waals surface area (Å²) in [5.74, 6) is 0.250. The Bertz CT molecular complexity index is 1230. The molecule has 0 atom stereocenters. The van der Waals surface area contributed by atoms with E-state index in [4.69, 9.17) is 0 Å². The molecule has 0 aliphatic rings. The molecular weight excluding hydrogens is 392 g/mol. The fraction of sp³-hybridized carbons (Fsp3) is 0.0435. The van der Waals surface area contributed by atoms with Crippen LogP contribution in [0.2, 0.25) is 0 Å². The average molecular weight is 410 g/mol. The molecule has 1 heterocycles. The van der Waals surface area contributed by atoms with Gasteiger partial charge in [0.2, 0.25) is 0 Å². The minimum Gasteiger partial charge on any atom is -0.258 e. The van der Waals surface area contributed by atoms with Crippen LogP contribution in [0.3, 0.4) is 0 Å². The second-order valence-electron chi connectivity index (χ2n) is 6.68. The van der Waals surface area contributed by atoms with E-state index in [0.717, 1.165) is 16.7 Å². The molecule has 0 unspecified atom stereocenters. The highest BCUT2D eigenvalue weighted by Gasteiger charge is 2.13. The predicted molar refractivity (Wildman–Crippen MR) is 120 cm³/mol. The Morgan fingerprint density at radius 3 is 2.00 bits per heavy atom. The number of nitro benzene ring substituents is 1. The van der Waals surface area contributed by atoms with Crippen molar-refractivity contribution in [2.45, 2.75) is 6.92 Å². The van der Waals surface area contributed by atoms with Crippen LogP contribution in [-0.2, 0) is 0 Å². The monoisotopic (exact) mass is 410 g/mol. The summed E-state index contributed by atoms with van der Waals surface area (Å²) < 4.78 is 0. The number of anilines is 1. The van der Waals surface area contributed by atoms with Gasteiger partial charge in [-0.05, 0) is 24.6 Å². The summed E-state index contributed by atoms with van der Waals surface area (Å²) in [6, 6.07) is 25.7. The highest BCUT2D eigenvalue weighted by atomic mass is 16.6. The van der Waals surface area contributed by atoms with Crippen LogP contribution in [-0.4, -0.2) is 25.8 Å². The van der Waals surface area contributed by atoms with Gasteiger partial charge in [-0.2, -0.15) is 5.10 Å². The van der Waals surface area contributed by atoms with Crippen molar-refractivity contribution < 1.29 is 4.92 Å². The molecule has 0 aliphatic carbocycles. The fourth-order valence-electron chi connectivity index (χ4n) is 2.98. The van der Waals surface area contributed by atoms with E-state index < -0.39 is 4.92 Å². The van der Waals surface area contributed by atoms with Crippen molar-refractivity contribution in [3.05, 3.63) is 101 Å². The van der Waals surface area contributed by atoms with Crippen LogP contribution >= 0.6 is 0 Å². The summed E-state index contributed by atoms with van der Waals surface area (Å²) >= 11 is 0. The molecule has 0 amide bonds. The predicted octanol–water partition coefficient (Wildman–Crippen LogP) is 4.95. The second-order valence-corrected chi connectivity index (χ2v) is 6.68. The molecule has 1 aromatic heterocycles. The minimum absolute atomic E-state index is 0.0287. The number of non-ortho nitro benzene ring substituents is 1. The smallest absolute Gasteiger partial charge is 0.258 e. The number of rotatable bonds is 6. The summed E-state index contributed by atoms with van der Waals surface area (Å²) in [5, 5.41) is 23.7. The van der Waals surface area contributed by atoms with E-state index in [1.54, 1.807) is 19.1 Å². The van der Waals surface area contributed by atoms with Gasteiger partial charge in [0.15, 0.2) is 0 Å². The number of aromatic nitrogens is 3. The van der Waals surface area contributed by atoms with Gasteiger partial charge in [0.25, 0.3) is 11.6 Å². The maximum absolute atomic E-state index is 10.8. The largest absolute Gasteiger partial charge is 0.269 e. The lowest BCUT2D eigenvalue weighted by Gasteiger charge is -2.09. The van der Waals surface area contributed by atoms with Crippen molar-refractivity contribution in [3.8, 4) is 22.5 Å². The molecule has 4 aromatic rings. The fourth-order valence-corrected chi connectivity index (χ4v) is 2.98. The highest BCUT2D eigenvalue weighted by Crippen LogP contribution is 2.28. The first-order valence-electron chi connectivity index (χ1n) is 9.52. The lowest BCUT2D eigenvalue weighted by atomic mass is 10.0. The Morgan fingerprint density at radius 1 is 0.839 bits per heavy atom. The van der Waals surface area contributed by atoms with Crippen molar-refractivity contribution in [1.82, 2.24) is 15.2 Å². The van der Waals surface area contributed by atoms with Gasteiger partial charge >= 0.3 is 0 Å². The lowest BCUT2D eigenvalue weighted by Crippen LogP contribution is -2.05. The topological polar surface area (TPSA) is 106 Å². The van der Waals surface area contributed by atoms with Gasteiger partial charge in [-0.15, -0.1) is 10.2 Å². The van der Waals surface area contributed by atoms with Gasteiger partial charge in [0, 0.05) is 23.3 Å². The average Bonchev–Trinajstić information content (AvgIpc) is 2.83. The molecule has 0 radical (unpaired) electrons. The molecule has 31 heavy (non-hydrogen) atoms. The van der Waals surface area contributed by atoms with Crippen LogP contribution in [0.4, 0.5) is 11.6 Å². The minimum atomic E-state index is -0.437. The third-order valence-electron chi connectivity index (χ3n) is 4.60. The zero-order valence-corrected chi connectivity index (χ0v) is 16.6. The number of nitro groups is 1. The zero-order valence-electron chi connectivity index (χ0n) is 16.6. The summed E-state index contributed by atoms with van der Waals surface area (Å²) in [6.45, 7) is 1.79. The Hall–Kier alpha value is -4.46. The molecule has 0 bridgehead atoms. The Labute approximate surface area is 178 Å². The molecule has 0 aliphatic heterocycles. The first kappa shape index (κ1) is 19.8. The van der Waals surface area contributed by atoms with E-state index in [-0.39, 0.29) is 11.6 Å². The van der Waals surface area contributed by atoms with Crippen LogP contribution in [0.5, 0.6) is 0 Å². The number of nitrogens with zero attached hydrogens (tertiary/aromatic N) is 5. The molecule has 0 spiro atoms. The summed E-state index contributed by atoms with van der Waals surface area (Å²) in [5.41, 5.74) is 7.43. The van der Waals surface area contributed by atoms with Crippen molar-refractivity contribution in [2.24, 2.45) is 5.10 Å². The molecule has 1 N–H and O–H groups in total. The third kappa shape index (κ3) is 4.59. The first-order valence-corrected chi connectivity index (χ1v) is 9.52. The summed E-state index contributed by atoms with van der Waals surface area (Å²) in [4.78, 5) is 15.0. The number of benzene rings is 3. The highest BCUT2D eigenvalue weighted by molar-refractivity contribution is 5.99. The van der Waals surface area contributed by atoms with Crippen LogP contribution in [0, 0.1) is 10.1 Å². The quantitative estimate of drug-likeness (QED) is 0.274. The van der Waals surface area contributed by atoms with Crippen LogP contribution in [0.1, 0.15) is 12.5 Å². The van der Waals surface area contributed by atoms with Crippen LogP contribution in [0.25, 0.3) is 22.5 Å². The summed E-state index contributed by atoms with van der Waals surface area (Å²) in [6.07, 6.45) is 0. The summed E-state index contributed by atoms with van der Waals surface area (Å²) in [7, 11) is 0. The molecule has 0 saturated carbocycles. The molecule has 8 heteroatoms. The molecule has 0 fully saturated rings. The number of hydrazone groups is 1. The maximum atomic E-state index is 10.8. The van der Waals surface area contributed by atoms with E-state index in [1.807, 2.05) is 60.7 Å². The van der Waals surface area contributed by atoms with Crippen molar-refractivity contribution in [2.75, 3.05) is 5.43 Å². The zero-order chi connectivity index (χ0) is 21.6. The molecule has 8 nitrogen and oxygen atoms in total. The molecule has 4 rings (SSSR count). The molecular formula is C23H18N6O2. The van der Waals surface area contributed by atoms with Crippen molar-refractivity contribution >= 4 is 17.3 Å². The molecule has 152 valence electrons. The second kappa shape index (κ2) is 8.91. The van der Waals surface area contributed by atoms with Crippen LogP contribution in [0.15, 0.2) is 90.0 Å². The number of hydrogen-bond donors (Lipinski definition) is 1.